The van der Waals surface area contributed by atoms with E-state index in [1.165, 1.54) is 16.7 Å². The van der Waals surface area contributed by atoms with Gasteiger partial charge in [0.25, 0.3) is 0 Å². The molecule has 0 amide bonds. The van der Waals surface area contributed by atoms with Crippen LogP contribution in [0.3, 0.4) is 0 Å². The molecule has 168 valence electrons. The summed E-state index contributed by atoms with van der Waals surface area (Å²) in [5.41, 5.74) is 4.80. The van der Waals surface area contributed by atoms with Crippen LogP contribution in [-0.4, -0.2) is 49.6 Å². The molecule has 0 saturated carbocycles. The van der Waals surface area contributed by atoms with Gasteiger partial charge in [0.15, 0.2) is 5.78 Å². The maximum Gasteiger partial charge on any atom is 0.151 e. The maximum absolute atomic E-state index is 12.5. The SMILES string of the molecule is N#C[C@@H](CC(=O)[C@@H]1CCCCN1)Cc1ccc(-c2cccc(CN3CCOCC3)c2)cc1. The van der Waals surface area contributed by atoms with Gasteiger partial charge < -0.3 is 10.1 Å². The lowest BCUT2D eigenvalue weighted by molar-refractivity contribution is -0.122. The van der Waals surface area contributed by atoms with E-state index in [0.29, 0.717) is 12.8 Å². The lowest BCUT2D eigenvalue weighted by Crippen LogP contribution is -2.41. The Morgan fingerprint density at radius 1 is 1.09 bits per heavy atom. The first kappa shape index (κ1) is 22.7. The molecule has 2 heterocycles. The lowest BCUT2D eigenvalue weighted by Gasteiger charge is -2.26. The van der Waals surface area contributed by atoms with Crippen LogP contribution >= 0.6 is 0 Å². The molecule has 0 aromatic heterocycles. The van der Waals surface area contributed by atoms with E-state index >= 15 is 0 Å². The molecule has 0 unspecified atom stereocenters. The van der Waals surface area contributed by atoms with Crippen LogP contribution in [0.25, 0.3) is 11.1 Å². The van der Waals surface area contributed by atoms with Gasteiger partial charge in [-0.15, -0.1) is 0 Å². The molecule has 2 fully saturated rings. The van der Waals surface area contributed by atoms with Crippen LogP contribution in [0.1, 0.15) is 36.8 Å². The van der Waals surface area contributed by atoms with E-state index in [0.717, 1.165) is 64.2 Å². The second-order valence-electron chi connectivity index (χ2n) is 8.99. The van der Waals surface area contributed by atoms with Crippen LogP contribution in [-0.2, 0) is 22.5 Å². The average molecular weight is 432 g/mol. The van der Waals surface area contributed by atoms with Crippen molar-refractivity contribution in [2.75, 3.05) is 32.8 Å². The van der Waals surface area contributed by atoms with Gasteiger partial charge in [-0.3, -0.25) is 9.69 Å². The van der Waals surface area contributed by atoms with Crippen LogP contribution in [0.15, 0.2) is 48.5 Å². The quantitative estimate of drug-likeness (QED) is 0.685. The van der Waals surface area contributed by atoms with E-state index in [-0.39, 0.29) is 17.7 Å². The van der Waals surface area contributed by atoms with E-state index in [1.54, 1.807) is 0 Å². The minimum Gasteiger partial charge on any atom is -0.379 e. The summed E-state index contributed by atoms with van der Waals surface area (Å²) in [4.78, 5) is 15.0. The normalized spacial score (nSPS) is 20.4. The molecular formula is C27H33N3O2. The molecule has 0 spiro atoms. The first-order valence-electron chi connectivity index (χ1n) is 11.9. The molecule has 32 heavy (non-hydrogen) atoms. The Morgan fingerprint density at radius 3 is 2.62 bits per heavy atom. The Balaban J connectivity index is 1.35. The van der Waals surface area contributed by atoms with E-state index in [2.05, 4.69) is 64.8 Å². The number of nitrogens with one attached hydrogen (secondary N) is 1. The maximum atomic E-state index is 12.5. The van der Waals surface area contributed by atoms with E-state index in [9.17, 15) is 10.1 Å². The van der Waals surface area contributed by atoms with Crippen molar-refractivity contribution in [3.05, 3.63) is 59.7 Å². The van der Waals surface area contributed by atoms with Crippen molar-refractivity contribution in [3.63, 3.8) is 0 Å². The molecule has 5 heteroatoms. The number of benzene rings is 2. The Labute approximate surface area is 191 Å². The third-order valence-electron chi connectivity index (χ3n) is 6.54. The average Bonchev–Trinajstić information content (AvgIpc) is 2.85. The Morgan fingerprint density at radius 2 is 1.91 bits per heavy atom. The molecule has 0 aliphatic carbocycles. The van der Waals surface area contributed by atoms with Crippen molar-refractivity contribution in [1.29, 1.82) is 5.26 Å². The summed E-state index contributed by atoms with van der Waals surface area (Å²) in [6.07, 6.45) is 4.08. The number of rotatable bonds is 8. The first-order valence-corrected chi connectivity index (χ1v) is 11.9. The smallest absolute Gasteiger partial charge is 0.151 e. The number of nitrogens with zero attached hydrogens (tertiary/aromatic N) is 2. The first-order chi connectivity index (χ1) is 15.7. The summed E-state index contributed by atoms with van der Waals surface area (Å²) < 4.78 is 5.45. The zero-order valence-electron chi connectivity index (χ0n) is 18.8. The number of hydrogen-bond acceptors (Lipinski definition) is 5. The molecule has 2 aliphatic heterocycles. The van der Waals surface area contributed by atoms with Crippen LogP contribution in [0.2, 0.25) is 0 Å². The van der Waals surface area contributed by atoms with Gasteiger partial charge in [-0.05, 0) is 54.1 Å². The topological polar surface area (TPSA) is 65.4 Å². The summed E-state index contributed by atoms with van der Waals surface area (Å²) in [6.45, 7) is 5.45. The molecule has 4 rings (SSSR count). The number of piperidine rings is 1. The molecule has 1 N–H and O–H groups in total. The second kappa shape index (κ2) is 11.4. The minimum absolute atomic E-state index is 0.0632. The van der Waals surface area contributed by atoms with Gasteiger partial charge in [-0.1, -0.05) is 48.9 Å². The molecule has 5 nitrogen and oxygen atoms in total. The molecule has 0 radical (unpaired) electrons. The van der Waals surface area contributed by atoms with Crippen molar-refractivity contribution in [2.24, 2.45) is 5.92 Å². The van der Waals surface area contributed by atoms with Crippen molar-refractivity contribution >= 4 is 5.78 Å². The van der Waals surface area contributed by atoms with Crippen LogP contribution in [0.4, 0.5) is 0 Å². The third-order valence-corrected chi connectivity index (χ3v) is 6.54. The highest BCUT2D eigenvalue weighted by Crippen LogP contribution is 2.23. The fourth-order valence-electron chi connectivity index (χ4n) is 4.66. The van der Waals surface area contributed by atoms with E-state index in [4.69, 9.17) is 4.74 Å². The van der Waals surface area contributed by atoms with E-state index < -0.39 is 0 Å². The molecule has 2 aliphatic rings. The van der Waals surface area contributed by atoms with Gasteiger partial charge in [-0.25, -0.2) is 0 Å². The molecule has 2 aromatic rings. The predicted molar refractivity (Wildman–Crippen MR) is 126 cm³/mol. The zero-order valence-corrected chi connectivity index (χ0v) is 18.8. The minimum atomic E-state index is -0.270. The van der Waals surface area contributed by atoms with Crippen LogP contribution in [0, 0.1) is 17.2 Å². The highest BCUT2D eigenvalue weighted by molar-refractivity contribution is 5.84. The van der Waals surface area contributed by atoms with Gasteiger partial charge in [0.1, 0.15) is 0 Å². The largest absolute Gasteiger partial charge is 0.379 e. The highest BCUT2D eigenvalue weighted by Gasteiger charge is 2.23. The third kappa shape index (κ3) is 6.26. The van der Waals surface area contributed by atoms with Gasteiger partial charge in [-0.2, -0.15) is 5.26 Å². The number of ketones is 1. The van der Waals surface area contributed by atoms with Crippen molar-refractivity contribution in [3.8, 4) is 17.2 Å². The Bertz CT molecular complexity index is 923. The summed E-state index contributed by atoms with van der Waals surface area (Å²) in [7, 11) is 0. The van der Waals surface area contributed by atoms with Gasteiger partial charge in [0.2, 0.25) is 0 Å². The van der Waals surface area contributed by atoms with Crippen molar-refractivity contribution in [2.45, 2.75) is 44.7 Å². The van der Waals surface area contributed by atoms with Gasteiger partial charge in [0, 0.05) is 26.1 Å². The fraction of sp³-hybridized carbons (Fsp3) is 0.481. The lowest BCUT2D eigenvalue weighted by atomic mass is 9.90. The number of hydrogen-bond donors (Lipinski definition) is 1. The number of Topliss-reactive ketones (excluding diaryl/α,β-unsaturated/α-hetero) is 1. The van der Waals surface area contributed by atoms with Crippen molar-refractivity contribution < 1.29 is 9.53 Å². The fourth-order valence-corrected chi connectivity index (χ4v) is 4.66. The molecule has 2 atom stereocenters. The van der Waals surface area contributed by atoms with Gasteiger partial charge >= 0.3 is 0 Å². The number of nitriles is 1. The molecule has 2 aromatic carbocycles. The van der Waals surface area contributed by atoms with Gasteiger partial charge in [0.05, 0.1) is 31.2 Å². The summed E-state index contributed by atoms with van der Waals surface area (Å²) in [6, 6.07) is 19.4. The Kier molecular flexibility index (Phi) is 8.06. The second-order valence-corrected chi connectivity index (χ2v) is 8.99. The number of ether oxygens (including phenoxy) is 1. The number of carbonyl (C=O) groups is 1. The summed E-state index contributed by atoms with van der Waals surface area (Å²) in [5.74, 6) is -0.0844. The monoisotopic (exact) mass is 431 g/mol. The van der Waals surface area contributed by atoms with Crippen molar-refractivity contribution in [1.82, 2.24) is 10.2 Å². The number of morpholine rings is 1. The predicted octanol–water partition coefficient (Wildman–Crippen LogP) is 3.97. The molecule has 0 bridgehead atoms. The summed E-state index contributed by atoms with van der Waals surface area (Å²) >= 11 is 0. The molecule has 2 saturated heterocycles. The van der Waals surface area contributed by atoms with Crippen LogP contribution < -0.4 is 5.32 Å². The number of carbonyl (C=O) groups excluding carboxylic acids is 1. The zero-order chi connectivity index (χ0) is 22.2. The molecular weight excluding hydrogens is 398 g/mol. The summed E-state index contributed by atoms with van der Waals surface area (Å²) in [5, 5.41) is 12.9. The standard InChI is InChI=1S/C27H33N3O2/c28-19-23(18-27(31)26-6-1-2-11-29-26)16-21-7-9-24(10-8-21)25-5-3-4-22(17-25)20-30-12-14-32-15-13-30/h3-5,7-10,17,23,26,29H,1-2,6,11-16,18,20H2/t23-,26+/m1/s1. The highest BCUT2D eigenvalue weighted by atomic mass is 16.5. The Hall–Kier alpha value is -2.52. The van der Waals surface area contributed by atoms with Crippen LogP contribution in [0.5, 0.6) is 0 Å². The van der Waals surface area contributed by atoms with E-state index in [1.807, 2.05) is 0 Å².